The predicted molar refractivity (Wildman–Crippen MR) is 71.6 cm³/mol. The standard InChI is InChI=1S/C12H18N2OSi/c1-16(2)14(13-10-6-7-11-15)12-8-4-3-5-9-12/h3-5,8-11,16H,6-7H2,1-2H3. The monoisotopic (exact) mass is 234 g/mol. The molecule has 0 saturated carbocycles. The highest BCUT2D eigenvalue weighted by Crippen LogP contribution is 2.15. The molecule has 1 aromatic carbocycles. The van der Waals surface area contributed by atoms with Crippen molar-refractivity contribution in [1.82, 2.24) is 0 Å². The second-order valence-corrected chi connectivity index (χ2v) is 6.49. The van der Waals surface area contributed by atoms with Gasteiger partial charge >= 0.3 is 0 Å². The summed E-state index contributed by atoms with van der Waals surface area (Å²) >= 11 is 0. The summed E-state index contributed by atoms with van der Waals surface area (Å²) in [5.74, 6) is 0. The van der Waals surface area contributed by atoms with E-state index in [2.05, 4.69) is 35.0 Å². The van der Waals surface area contributed by atoms with Crippen LogP contribution in [0.3, 0.4) is 0 Å². The van der Waals surface area contributed by atoms with Crippen LogP contribution in [0.2, 0.25) is 13.1 Å². The fourth-order valence-corrected chi connectivity index (χ4v) is 2.50. The van der Waals surface area contributed by atoms with E-state index in [9.17, 15) is 4.79 Å². The minimum Gasteiger partial charge on any atom is -0.303 e. The maximum absolute atomic E-state index is 10.2. The first-order valence-corrected chi connectivity index (χ1v) is 8.38. The number of hydrogen-bond acceptors (Lipinski definition) is 3. The van der Waals surface area contributed by atoms with Gasteiger partial charge in [0.1, 0.15) is 6.29 Å². The van der Waals surface area contributed by atoms with Crippen molar-refractivity contribution in [1.29, 1.82) is 0 Å². The fourth-order valence-electron chi connectivity index (χ4n) is 1.37. The molecule has 0 aliphatic heterocycles. The molecule has 0 bridgehead atoms. The van der Waals surface area contributed by atoms with Crippen molar-refractivity contribution in [3.8, 4) is 0 Å². The van der Waals surface area contributed by atoms with E-state index in [-0.39, 0.29) is 0 Å². The summed E-state index contributed by atoms with van der Waals surface area (Å²) in [6, 6.07) is 10.1. The normalized spacial score (nSPS) is 10.9. The summed E-state index contributed by atoms with van der Waals surface area (Å²) in [5.41, 5.74) is 1.13. The van der Waals surface area contributed by atoms with E-state index >= 15 is 0 Å². The van der Waals surface area contributed by atoms with E-state index in [1.54, 1.807) is 0 Å². The highest BCUT2D eigenvalue weighted by molar-refractivity contribution is 6.60. The van der Waals surface area contributed by atoms with Gasteiger partial charge in [-0.2, -0.15) is 5.10 Å². The molecular formula is C12H18N2OSi. The van der Waals surface area contributed by atoms with Gasteiger partial charge in [0.2, 0.25) is 0 Å². The average molecular weight is 234 g/mol. The molecule has 16 heavy (non-hydrogen) atoms. The van der Waals surface area contributed by atoms with Crippen LogP contribution >= 0.6 is 0 Å². The van der Waals surface area contributed by atoms with Gasteiger partial charge in [0, 0.05) is 18.3 Å². The Morgan fingerprint density at radius 1 is 1.25 bits per heavy atom. The number of hydrogen-bond donors (Lipinski definition) is 0. The van der Waals surface area contributed by atoms with E-state index in [1.165, 1.54) is 0 Å². The third-order valence-electron chi connectivity index (χ3n) is 2.13. The molecule has 0 fully saturated rings. The van der Waals surface area contributed by atoms with Crippen molar-refractivity contribution in [2.75, 3.05) is 4.67 Å². The SMILES string of the molecule is C[SiH](C)N(N=CCCC=O)c1ccccc1. The molecule has 0 heterocycles. The predicted octanol–water partition coefficient (Wildman–Crippen LogP) is 2.44. The van der Waals surface area contributed by atoms with Crippen LogP contribution in [0, 0.1) is 0 Å². The zero-order chi connectivity index (χ0) is 11.8. The van der Waals surface area contributed by atoms with Crippen molar-refractivity contribution in [3.05, 3.63) is 30.3 Å². The minimum absolute atomic E-state index is 0.547. The Morgan fingerprint density at radius 2 is 1.94 bits per heavy atom. The number of rotatable bonds is 6. The molecule has 0 aromatic heterocycles. The van der Waals surface area contributed by atoms with Crippen LogP contribution in [0.4, 0.5) is 5.69 Å². The Morgan fingerprint density at radius 3 is 2.50 bits per heavy atom. The molecule has 86 valence electrons. The molecule has 3 nitrogen and oxygen atoms in total. The molecule has 0 N–H and O–H groups in total. The molecule has 0 saturated heterocycles. The van der Waals surface area contributed by atoms with Gasteiger partial charge in [-0.15, -0.1) is 0 Å². The van der Waals surface area contributed by atoms with Crippen LogP contribution in [0.25, 0.3) is 0 Å². The zero-order valence-corrected chi connectivity index (χ0v) is 11.0. The van der Waals surface area contributed by atoms with Gasteiger partial charge in [0.15, 0.2) is 8.96 Å². The summed E-state index contributed by atoms with van der Waals surface area (Å²) in [6.07, 6.45) is 4.01. The van der Waals surface area contributed by atoms with Crippen molar-refractivity contribution >= 4 is 27.1 Å². The highest BCUT2D eigenvalue weighted by atomic mass is 28.3. The van der Waals surface area contributed by atoms with E-state index in [4.69, 9.17) is 0 Å². The largest absolute Gasteiger partial charge is 0.303 e. The molecule has 0 radical (unpaired) electrons. The Hall–Kier alpha value is -1.42. The van der Waals surface area contributed by atoms with Crippen molar-refractivity contribution in [2.24, 2.45) is 5.10 Å². The number of carbonyl (C=O) groups excluding carboxylic acids is 1. The van der Waals surface area contributed by atoms with Gasteiger partial charge < -0.3 is 4.79 Å². The lowest BCUT2D eigenvalue weighted by Crippen LogP contribution is -2.29. The lowest BCUT2D eigenvalue weighted by Gasteiger charge is -2.22. The molecule has 0 amide bonds. The van der Waals surface area contributed by atoms with Crippen LogP contribution < -0.4 is 4.67 Å². The van der Waals surface area contributed by atoms with E-state index in [0.717, 1.165) is 12.0 Å². The van der Waals surface area contributed by atoms with Crippen LogP contribution in [0.5, 0.6) is 0 Å². The lowest BCUT2D eigenvalue weighted by molar-refractivity contribution is -0.107. The zero-order valence-electron chi connectivity index (χ0n) is 9.84. The van der Waals surface area contributed by atoms with Crippen LogP contribution in [-0.4, -0.2) is 21.5 Å². The van der Waals surface area contributed by atoms with Crippen LogP contribution in [0.1, 0.15) is 12.8 Å². The lowest BCUT2D eigenvalue weighted by atomic mass is 10.3. The van der Waals surface area contributed by atoms with Crippen molar-refractivity contribution in [3.63, 3.8) is 0 Å². The quantitative estimate of drug-likeness (QED) is 0.249. The van der Waals surface area contributed by atoms with E-state index in [1.807, 2.05) is 24.4 Å². The summed E-state index contributed by atoms with van der Waals surface area (Å²) in [7, 11) is -1.02. The first-order chi connectivity index (χ1) is 7.75. The number of unbranched alkanes of at least 4 members (excludes halogenated alkanes) is 1. The van der Waals surface area contributed by atoms with Crippen molar-refractivity contribution in [2.45, 2.75) is 25.9 Å². The maximum atomic E-state index is 10.2. The average Bonchev–Trinajstić information content (AvgIpc) is 2.30. The molecule has 1 rings (SSSR count). The number of nitrogens with zero attached hydrogens (tertiary/aromatic N) is 2. The van der Waals surface area contributed by atoms with Gasteiger partial charge in [-0.3, -0.25) is 4.67 Å². The molecule has 1 aromatic rings. The molecule has 0 aliphatic rings. The van der Waals surface area contributed by atoms with E-state index in [0.29, 0.717) is 12.8 Å². The third kappa shape index (κ3) is 3.98. The first kappa shape index (κ1) is 12.6. The fraction of sp³-hybridized carbons (Fsp3) is 0.333. The number of hydrazone groups is 1. The van der Waals surface area contributed by atoms with Gasteiger partial charge in [-0.05, 0) is 18.6 Å². The molecule has 0 spiro atoms. The number of benzene rings is 1. The topological polar surface area (TPSA) is 32.7 Å². The molecule has 0 aliphatic carbocycles. The van der Waals surface area contributed by atoms with Crippen LogP contribution in [0.15, 0.2) is 35.4 Å². The number of carbonyl (C=O) groups is 1. The Kier molecular flexibility index (Phi) is 5.49. The Bertz CT molecular complexity index is 338. The number of aldehydes is 1. The van der Waals surface area contributed by atoms with Gasteiger partial charge in [-0.25, -0.2) is 0 Å². The Labute approximate surface area is 98.5 Å². The first-order valence-electron chi connectivity index (χ1n) is 5.56. The summed E-state index contributed by atoms with van der Waals surface area (Å²) < 4.78 is 2.09. The molecular weight excluding hydrogens is 216 g/mol. The third-order valence-corrected chi connectivity index (χ3v) is 3.54. The summed E-state index contributed by atoms with van der Waals surface area (Å²) in [6.45, 7) is 4.45. The molecule has 0 atom stereocenters. The summed E-state index contributed by atoms with van der Waals surface area (Å²) in [4.78, 5) is 10.2. The van der Waals surface area contributed by atoms with Crippen molar-refractivity contribution < 1.29 is 4.79 Å². The highest BCUT2D eigenvalue weighted by Gasteiger charge is 2.08. The Balaban J connectivity index is 2.69. The van der Waals surface area contributed by atoms with E-state index < -0.39 is 8.96 Å². The second-order valence-electron chi connectivity index (χ2n) is 3.82. The number of anilines is 1. The number of para-hydroxylation sites is 1. The van der Waals surface area contributed by atoms with Gasteiger partial charge in [0.25, 0.3) is 0 Å². The van der Waals surface area contributed by atoms with Gasteiger partial charge in [0.05, 0.1) is 0 Å². The van der Waals surface area contributed by atoms with Gasteiger partial charge in [-0.1, -0.05) is 31.3 Å². The minimum atomic E-state index is -1.02. The molecule has 0 unspecified atom stereocenters. The smallest absolute Gasteiger partial charge is 0.164 e. The second kappa shape index (κ2) is 6.95. The maximum Gasteiger partial charge on any atom is 0.164 e. The summed E-state index contributed by atoms with van der Waals surface area (Å²) in [5, 5.41) is 4.44. The van der Waals surface area contributed by atoms with Crippen LogP contribution in [-0.2, 0) is 4.79 Å². The molecule has 4 heteroatoms.